The minimum absolute atomic E-state index is 0. The van der Waals surface area contributed by atoms with Gasteiger partial charge in [-0.3, -0.25) is 9.89 Å². The van der Waals surface area contributed by atoms with Crippen LogP contribution in [0, 0.1) is 13.8 Å². The van der Waals surface area contributed by atoms with Crippen molar-refractivity contribution >= 4 is 47.4 Å². The van der Waals surface area contributed by atoms with Crippen molar-refractivity contribution in [3.63, 3.8) is 0 Å². The van der Waals surface area contributed by atoms with Crippen molar-refractivity contribution in [3.05, 3.63) is 15.6 Å². The van der Waals surface area contributed by atoms with Crippen molar-refractivity contribution in [2.75, 3.05) is 46.3 Å². The molecule has 0 aromatic carbocycles. The van der Waals surface area contributed by atoms with Crippen molar-refractivity contribution in [3.8, 4) is 0 Å². The first-order valence-corrected chi connectivity index (χ1v) is 10.6. The number of amides is 1. The summed E-state index contributed by atoms with van der Waals surface area (Å²) in [6.07, 6.45) is -0.220. The maximum atomic E-state index is 12.1. The van der Waals surface area contributed by atoms with Gasteiger partial charge in [-0.15, -0.1) is 35.3 Å². The summed E-state index contributed by atoms with van der Waals surface area (Å²) >= 11 is 1.71. The second-order valence-corrected chi connectivity index (χ2v) is 9.20. The summed E-state index contributed by atoms with van der Waals surface area (Å²) in [4.78, 5) is 26.3. The lowest BCUT2D eigenvalue weighted by molar-refractivity contribution is 0.0147. The molecule has 0 spiro atoms. The highest BCUT2D eigenvalue weighted by Gasteiger charge is 2.25. The third kappa shape index (κ3) is 9.04. The number of thiazole rings is 1. The van der Waals surface area contributed by atoms with Crippen molar-refractivity contribution in [2.45, 2.75) is 46.8 Å². The zero-order chi connectivity index (χ0) is 20.7. The summed E-state index contributed by atoms with van der Waals surface area (Å²) in [5, 5.41) is 7.71. The topological polar surface area (TPSA) is 82.1 Å². The molecule has 0 saturated carbocycles. The first kappa shape index (κ1) is 25.9. The van der Waals surface area contributed by atoms with Crippen LogP contribution in [-0.4, -0.2) is 78.8 Å². The van der Waals surface area contributed by atoms with Crippen LogP contribution in [0.15, 0.2) is 4.99 Å². The van der Waals surface area contributed by atoms with Crippen LogP contribution in [0.4, 0.5) is 4.79 Å². The first-order chi connectivity index (χ1) is 13.2. The van der Waals surface area contributed by atoms with Crippen molar-refractivity contribution in [1.29, 1.82) is 0 Å². The van der Waals surface area contributed by atoms with Crippen molar-refractivity contribution < 1.29 is 9.53 Å². The van der Waals surface area contributed by atoms with Gasteiger partial charge in [0.1, 0.15) is 10.6 Å². The van der Waals surface area contributed by atoms with Gasteiger partial charge in [-0.1, -0.05) is 0 Å². The number of halogens is 1. The quantitative estimate of drug-likeness (QED) is 0.341. The van der Waals surface area contributed by atoms with E-state index in [1.165, 1.54) is 4.88 Å². The molecule has 0 bridgehead atoms. The number of aromatic nitrogens is 1. The van der Waals surface area contributed by atoms with Crippen LogP contribution in [0.1, 0.15) is 36.3 Å². The highest BCUT2D eigenvalue weighted by Crippen LogP contribution is 2.16. The molecular formula is C19H35IN6O2S. The number of hydrogen-bond donors (Lipinski definition) is 2. The summed E-state index contributed by atoms with van der Waals surface area (Å²) in [6.45, 7) is 15.3. The number of aliphatic imine (C=N–C) groups is 1. The lowest BCUT2D eigenvalue weighted by Gasteiger charge is -2.35. The number of piperazine rings is 1. The zero-order valence-corrected chi connectivity index (χ0v) is 21.5. The van der Waals surface area contributed by atoms with Gasteiger partial charge in [0.25, 0.3) is 0 Å². The van der Waals surface area contributed by atoms with Gasteiger partial charge in [0.2, 0.25) is 0 Å². The maximum absolute atomic E-state index is 12.1. The Balaban J connectivity index is 0.00000420. The molecule has 0 aliphatic carbocycles. The van der Waals surface area contributed by atoms with E-state index < -0.39 is 5.60 Å². The molecular weight excluding hydrogens is 503 g/mol. The lowest BCUT2D eigenvalue weighted by atomic mass is 10.2. The number of nitrogens with one attached hydrogen (secondary N) is 2. The monoisotopic (exact) mass is 538 g/mol. The van der Waals surface area contributed by atoms with E-state index in [1.54, 1.807) is 23.3 Å². The fraction of sp³-hybridized carbons (Fsp3) is 0.737. The van der Waals surface area contributed by atoms with E-state index in [1.807, 2.05) is 27.7 Å². The molecule has 1 saturated heterocycles. The molecule has 1 aliphatic rings. The third-order valence-electron chi connectivity index (χ3n) is 4.45. The zero-order valence-electron chi connectivity index (χ0n) is 18.4. The summed E-state index contributed by atoms with van der Waals surface area (Å²) < 4.78 is 5.44. The van der Waals surface area contributed by atoms with Gasteiger partial charge in [-0.25, -0.2) is 9.78 Å². The van der Waals surface area contributed by atoms with E-state index in [-0.39, 0.29) is 30.1 Å². The molecule has 0 radical (unpaired) electrons. The molecule has 1 amide bonds. The normalized spacial score (nSPS) is 15.7. The van der Waals surface area contributed by atoms with Gasteiger partial charge in [0.15, 0.2) is 5.96 Å². The molecule has 1 aromatic rings. The molecule has 2 heterocycles. The van der Waals surface area contributed by atoms with E-state index in [2.05, 4.69) is 32.4 Å². The van der Waals surface area contributed by atoms with Crippen LogP contribution >= 0.6 is 35.3 Å². The minimum atomic E-state index is -0.447. The van der Waals surface area contributed by atoms with Crippen LogP contribution in [0.2, 0.25) is 0 Å². The van der Waals surface area contributed by atoms with Crippen LogP contribution < -0.4 is 10.6 Å². The Labute approximate surface area is 195 Å². The summed E-state index contributed by atoms with van der Waals surface area (Å²) in [5.74, 6) is 0.776. The number of carbonyl (C=O) groups is 1. The molecule has 0 atom stereocenters. The van der Waals surface area contributed by atoms with Gasteiger partial charge in [0.05, 0.1) is 12.2 Å². The molecule has 1 aliphatic heterocycles. The Morgan fingerprint density at radius 3 is 2.38 bits per heavy atom. The molecule has 1 fully saturated rings. The number of rotatable bonds is 5. The highest BCUT2D eigenvalue weighted by molar-refractivity contribution is 14.0. The van der Waals surface area contributed by atoms with E-state index in [4.69, 9.17) is 4.74 Å². The van der Waals surface area contributed by atoms with Crippen LogP contribution in [-0.2, 0) is 11.3 Å². The van der Waals surface area contributed by atoms with Crippen molar-refractivity contribution in [1.82, 2.24) is 25.4 Å². The number of carbonyl (C=O) groups excluding carboxylic acids is 1. The van der Waals surface area contributed by atoms with Gasteiger partial charge < -0.3 is 20.3 Å². The predicted octanol–water partition coefficient (Wildman–Crippen LogP) is 2.60. The summed E-state index contributed by atoms with van der Waals surface area (Å²) in [6, 6.07) is 0. The van der Waals surface area contributed by atoms with Gasteiger partial charge in [-0.2, -0.15) is 0 Å². The number of ether oxygens (including phenoxy) is 1. The average molecular weight is 539 g/mol. The number of aryl methyl sites for hydroxylation is 2. The molecule has 29 heavy (non-hydrogen) atoms. The van der Waals surface area contributed by atoms with Gasteiger partial charge >= 0.3 is 6.09 Å². The second-order valence-electron chi connectivity index (χ2n) is 7.91. The largest absolute Gasteiger partial charge is 0.444 e. The lowest BCUT2D eigenvalue weighted by Crippen LogP contribution is -2.51. The van der Waals surface area contributed by atoms with E-state index in [0.717, 1.165) is 42.8 Å². The first-order valence-electron chi connectivity index (χ1n) is 9.75. The fourth-order valence-electron chi connectivity index (χ4n) is 2.81. The van der Waals surface area contributed by atoms with E-state index in [9.17, 15) is 4.79 Å². The SMILES string of the molecule is CN=C(NCCN1CCN(C(=O)OC(C)(C)C)CC1)NCc1nc(C)c(C)s1.I. The average Bonchev–Trinajstić information content (AvgIpc) is 2.95. The van der Waals surface area contributed by atoms with Crippen LogP contribution in [0.5, 0.6) is 0 Å². The molecule has 2 rings (SSSR count). The Bertz CT molecular complexity index is 661. The van der Waals surface area contributed by atoms with Crippen LogP contribution in [0.25, 0.3) is 0 Å². The van der Waals surface area contributed by atoms with E-state index in [0.29, 0.717) is 19.6 Å². The number of guanidine groups is 1. The maximum Gasteiger partial charge on any atom is 0.410 e. The molecule has 1 aromatic heterocycles. The Morgan fingerprint density at radius 1 is 1.21 bits per heavy atom. The molecule has 10 heteroatoms. The third-order valence-corrected chi connectivity index (χ3v) is 5.52. The molecule has 166 valence electrons. The Kier molecular flexibility index (Phi) is 10.6. The standard InChI is InChI=1S/C19H34N6O2S.HI/c1-14-15(2)28-16(23-14)13-22-17(20-6)21-7-8-24-9-11-25(12-10-24)18(26)27-19(3,4)5;/h7-13H2,1-6H3,(H2,20,21,22);1H. The summed E-state index contributed by atoms with van der Waals surface area (Å²) in [5.41, 5.74) is 0.645. The Hall–Kier alpha value is -1.14. The molecule has 2 N–H and O–H groups in total. The van der Waals surface area contributed by atoms with Gasteiger partial charge in [-0.05, 0) is 34.6 Å². The van der Waals surface area contributed by atoms with E-state index >= 15 is 0 Å². The molecule has 8 nitrogen and oxygen atoms in total. The number of hydrogen-bond acceptors (Lipinski definition) is 6. The fourth-order valence-corrected chi connectivity index (χ4v) is 3.68. The van der Waals surface area contributed by atoms with Gasteiger partial charge in [0, 0.05) is 51.2 Å². The van der Waals surface area contributed by atoms with Crippen molar-refractivity contribution in [2.24, 2.45) is 4.99 Å². The highest BCUT2D eigenvalue weighted by atomic mass is 127. The smallest absolute Gasteiger partial charge is 0.410 e. The predicted molar refractivity (Wildman–Crippen MR) is 129 cm³/mol. The minimum Gasteiger partial charge on any atom is -0.444 e. The Morgan fingerprint density at radius 2 is 1.86 bits per heavy atom. The molecule has 0 unspecified atom stereocenters. The number of nitrogens with zero attached hydrogens (tertiary/aromatic N) is 4. The summed E-state index contributed by atoms with van der Waals surface area (Å²) in [7, 11) is 1.77. The van der Waals surface area contributed by atoms with Crippen LogP contribution in [0.3, 0.4) is 0 Å². The second kappa shape index (κ2) is 11.9.